The van der Waals surface area contributed by atoms with Crippen LogP contribution >= 0.6 is 38.9 Å². The molecule has 8 heteroatoms. The first-order chi connectivity index (χ1) is 12.5. The minimum absolute atomic E-state index is 0.189. The summed E-state index contributed by atoms with van der Waals surface area (Å²) in [4.78, 5) is 28.4. The molecule has 0 bridgehead atoms. The molecule has 26 heavy (non-hydrogen) atoms. The highest BCUT2D eigenvalue weighted by Crippen LogP contribution is 2.25. The molecule has 0 radical (unpaired) electrons. The number of carbonyl (C=O) groups is 2. The molecule has 0 aliphatic heterocycles. The van der Waals surface area contributed by atoms with Gasteiger partial charge in [0, 0.05) is 15.4 Å². The Kier molecular flexibility index (Phi) is 6.03. The topological polar surface area (TPSA) is 68.3 Å². The number of ether oxygens (including phenoxy) is 1. The lowest BCUT2D eigenvalue weighted by atomic mass is 10.2. The summed E-state index contributed by atoms with van der Waals surface area (Å²) >= 11 is 10.5. The number of hydrogen-bond donors (Lipinski definition) is 1. The molecule has 0 atom stereocenters. The van der Waals surface area contributed by atoms with Crippen molar-refractivity contribution in [3.63, 3.8) is 0 Å². The van der Waals surface area contributed by atoms with Crippen LogP contribution in [0.25, 0.3) is 11.3 Å². The Morgan fingerprint density at radius 3 is 2.73 bits per heavy atom. The fourth-order valence-corrected chi connectivity index (χ4v) is 3.38. The summed E-state index contributed by atoms with van der Waals surface area (Å²) in [5, 5.41) is 5.15. The molecule has 0 unspecified atom stereocenters. The van der Waals surface area contributed by atoms with E-state index in [-0.39, 0.29) is 10.6 Å². The number of nitrogens with one attached hydrogen (secondary N) is 1. The summed E-state index contributed by atoms with van der Waals surface area (Å²) in [6, 6.07) is 14.4. The fraction of sp³-hybridized carbons (Fsp3) is 0.0556. The van der Waals surface area contributed by atoms with Gasteiger partial charge in [0.1, 0.15) is 0 Å². The van der Waals surface area contributed by atoms with Gasteiger partial charge in [0.2, 0.25) is 0 Å². The summed E-state index contributed by atoms with van der Waals surface area (Å²) in [5.74, 6) is -1.14. The van der Waals surface area contributed by atoms with Crippen LogP contribution in [0.15, 0.2) is 58.4 Å². The van der Waals surface area contributed by atoms with Crippen LogP contribution in [0.2, 0.25) is 5.02 Å². The van der Waals surface area contributed by atoms with Crippen LogP contribution in [0, 0.1) is 0 Å². The van der Waals surface area contributed by atoms with Gasteiger partial charge in [0.25, 0.3) is 5.91 Å². The summed E-state index contributed by atoms with van der Waals surface area (Å²) in [6.45, 7) is -0.429. The molecule has 3 rings (SSSR count). The van der Waals surface area contributed by atoms with Crippen molar-refractivity contribution in [2.45, 2.75) is 0 Å². The van der Waals surface area contributed by atoms with E-state index in [1.54, 1.807) is 12.1 Å². The largest absolute Gasteiger partial charge is 0.452 e. The third-order valence-corrected chi connectivity index (χ3v) is 4.88. The van der Waals surface area contributed by atoms with Crippen molar-refractivity contribution in [3.8, 4) is 11.3 Å². The van der Waals surface area contributed by atoms with Crippen LogP contribution in [0.1, 0.15) is 10.4 Å². The Bertz CT molecular complexity index is 947. The molecule has 0 spiro atoms. The lowest BCUT2D eigenvalue weighted by Crippen LogP contribution is -2.21. The number of rotatable bonds is 5. The molecule has 0 saturated carbocycles. The van der Waals surface area contributed by atoms with Gasteiger partial charge in [-0.05, 0) is 18.2 Å². The van der Waals surface area contributed by atoms with Crippen LogP contribution in [0.4, 0.5) is 5.13 Å². The molecule has 0 aliphatic rings. The van der Waals surface area contributed by atoms with E-state index >= 15 is 0 Å². The van der Waals surface area contributed by atoms with E-state index in [1.165, 1.54) is 17.4 Å². The molecule has 1 aromatic heterocycles. The van der Waals surface area contributed by atoms with E-state index in [9.17, 15) is 9.59 Å². The van der Waals surface area contributed by atoms with Gasteiger partial charge in [-0.1, -0.05) is 57.9 Å². The first-order valence-electron chi connectivity index (χ1n) is 7.46. The maximum absolute atomic E-state index is 12.0. The highest BCUT2D eigenvalue weighted by atomic mass is 79.9. The van der Waals surface area contributed by atoms with Gasteiger partial charge in [-0.25, -0.2) is 9.78 Å². The molecule has 0 aliphatic carbocycles. The first kappa shape index (κ1) is 18.6. The van der Waals surface area contributed by atoms with Gasteiger partial charge in [0.05, 0.1) is 16.3 Å². The van der Waals surface area contributed by atoms with Crippen molar-refractivity contribution < 1.29 is 14.3 Å². The monoisotopic (exact) mass is 450 g/mol. The quantitative estimate of drug-likeness (QED) is 0.553. The van der Waals surface area contributed by atoms with Crippen molar-refractivity contribution in [2.24, 2.45) is 0 Å². The smallest absolute Gasteiger partial charge is 0.340 e. The molecule has 0 saturated heterocycles. The van der Waals surface area contributed by atoms with E-state index in [1.807, 2.05) is 35.7 Å². The lowest BCUT2D eigenvalue weighted by Gasteiger charge is -2.06. The van der Waals surface area contributed by atoms with E-state index in [0.717, 1.165) is 11.3 Å². The third kappa shape index (κ3) is 4.69. The molecular weight excluding hydrogens is 440 g/mol. The molecule has 0 fully saturated rings. The van der Waals surface area contributed by atoms with Crippen LogP contribution in [0.5, 0.6) is 0 Å². The number of esters is 1. The highest BCUT2D eigenvalue weighted by Gasteiger charge is 2.15. The molecule has 1 N–H and O–H groups in total. The molecule has 132 valence electrons. The average molecular weight is 452 g/mol. The average Bonchev–Trinajstić information content (AvgIpc) is 3.11. The Balaban J connectivity index is 1.57. The number of benzene rings is 2. The highest BCUT2D eigenvalue weighted by molar-refractivity contribution is 9.10. The Morgan fingerprint density at radius 2 is 1.96 bits per heavy atom. The normalized spacial score (nSPS) is 10.4. The SMILES string of the molecule is O=C(COC(=O)c1cc(Br)ccc1Cl)Nc1nc(-c2ccccc2)cs1. The maximum atomic E-state index is 12.0. The molecular formula is C18H12BrClN2O3S. The van der Waals surface area contributed by atoms with Crippen molar-refractivity contribution in [1.82, 2.24) is 4.98 Å². The standard InChI is InChI=1S/C18H12BrClN2O3S/c19-12-6-7-14(20)13(8-12)17(24)25-9-16(23)22-18-21-15(10-26-18)11-4-2-1-3-5-11/h1-8,10H,9H2,(H,21,22,23). The van der Waals surface area contributed by atoms with Gasteiger partial charge >= 0.3 is 5.97 Å². The van der Waals surface area contributed by atoms with Crippen LogP contribution in [0.3, 0.4) is 0 Å². The van der Waals surface area contributed by atoms with Crippen molar-refractivity contribution in [2.75, 3.05) is 11.9 Å². The van der Waals surface area contributed by atoms with E-state index in [4.69, 9.17) is 16.3 Å². The van der Waals surface area contributed by atoms with Crippen LogP contribution in [-0.2, 0) is 9.53 Å². The first-order valence-corrected chi connectivity index (χ1v) is 9.51. The second kappa shape index (κ2) is 8.44. The number of carbonyl (C=O) groups excluding carboxylic acids is 2. The Morgan fingerprint density at radius 1 is 1.19 bits per heavy atom. The summed E-state index contributed by atoms with van der Waals surface area (Å²) in [5.41, 5.74) is 1.92. The third-order valence-electron chi connectivity index (χ3n) is 3.30. The zero-order chi connectivity index (χ0) is 18.5. The minimum Gasteiger partial charge on any atom is -0.452 e. The summed E-state index contributed by atoms with van der Waals surface area (Å²) in [7, 11) is 0. The number of nitrogens with zero attached hydrogens (tertiary/aromatic N) is 1. The van der Waals surface area contributed by atoms with Crippen LogP contribution < -0.4 is 5.32 Å². The predicted octanol–water partition coefficient (Wildman–Crippen LogP) is 5.02. The molecule has 1 amide bonds. The van der Waals surface area contributed by atoms with Gasteiger partial charge in [0.15, 0.2) is 11.7 Å². The molecule has 3 aromatic rings. The van der Waals surface area contributed by atoms with Crippen molar-refractivity contribution in [1.29, 1.82) is 0 Å². The predicted molar refractivity (Wildman–Crippen MR) is 106 cm³/mol. The van der Waals surface area contributed by atoms with Gasteiger partial charge in [-0.3, -0.25) is 10.1 Å². The van der Waals surface area contributed by atoms with Crippen molar-refractivity contribution >= 4 is 55.9 Å². The molecule has 2 aromatic carbocycles. The second-order valence-electron chi connectivity index (χ2n) is 5.15. The summed E-state index contributed by atoms with van der Waals surface area (Å²) < 4.78 is 5.70. The second-order valence-corrected chi connectivity index (χ2v) is 7.33. The van der Waals surface area contributed by atoms with Crippen LogP contribution in [-0.4, -0.2) is 23.5 Å². The number of halogens is 2. The zero-order valence-electron chi connectivity index (χ0n) is 13.2. The van der Waals surface area contributed by atoms with E-state index in [2.05, 4.69) is 26.2 Å². The molecule has 1 heterocycles. The van der Waals surface area contributed by atoms with E-state index < -0.39 is 18.5 Å². The number of anilines is 1. The Labute approximate surface area is 167 Å². The number of aromatic nitrogens is 1. The molecule has 5 nitrogen and oxygen atoms in total. The van der Waals surface area contributed by atoms with Gasteiger partial charge in [-0.15, -0.1) is 11.3 Å². The number of hydrogen-bond acceptors (Lipinski definition) is 5. The Hall–Kier alpha value is -2.22. The van der Waals surface area contributed by atoms with Gasteiger partial charge in [-0.2, -0.15) is 0 Å². The minimum atomic E-state index is -0.671. The summed E-state index contributed by atoms with van der Waals surface area (Å²) in [6.07, 6.45) is 0. The maximum Gasteiger partial charge on any atom is 0.340 e. The van der Waals surface area contributed by atoms with E-state index in [0.29, 0.717) is 9.60 Å². The number of amides is 1. The van der Waals surface area contributed by atoms with Crippen molar-refractivity contribution in [3.05, 3.63) is 69.0 Å². The zero-order valence-corrected chi connectivity index (χ0v) is 16.4. The lowest BCUT2D eigenvalue weighted by molar-refractivity contribution is -0.119. The number of thiazole rings is 1. The fourth-order valence-electron chi connectivity index (χ4n) is 2.09. The van der Waals surface area contributed by atoms with Gasteiger partial charge < -0.3 is 4.74 Å².